The Morgan fingerprint density at radius 2 is 1.82 bits per heavy atom. The lowest BCUT2D eigenvalue weighted by Gasteiger charge is -2.23. The number of rotatable bonds is 6. The van der Waals surface area contributed by atoms with Crippen LogP contribution in [0.2, 0.25) is 5.02 Å². The molecule has 3 rings (SSSR count). The van der Waals surface area contributed by atoms with Crippen molar-refractivity contribution in [1.82, 2.24) is 5.32 Å². The number of carbonyl (C=O) groups is 2. The zero-order valence-electron chi connectivity index (χ0n) is 16.0. The van der Waals surface area contributed by atoms with Gasteiger partial charge in [-0.3, -0.25) is 9.59 Å². The van der Waals surface area contributed by atoms with Gasteiger partial charge in [-0.05, 0) is 50.1 Å². The maximum Gasteiger partial charge on any atom is 0.259 e. The summed E-state index contributed by atoms with van der Waals surface area (Å²) in [6.07, 6.45) is 5.54. The fourth-order valence-electron chi connectivity index (χ4n) is 3.40. The Labute approximate surface area is 170 Å². The van der Waals surface area contributed by atoms with Crippen LogP contribution < -0.4 is 15.4 Å². The minimum atomic E-state index is -0.337. The van der Waals surface area contributed by atoms with Gasteiger partial charge in [0.05, 0.1) is 22.9 Å². The molecular formula is C22H25ClN2O3. The monoisotopic (exact) mass is 400 g/mol. The molecule has 6 heteroatoms. The average molecular weight is 401 g/mol. The van der Waals surface area contributed by atoms with Crippen molar-refractivity contribution in [2.24, 2.45) is 0 Å². The minimum absolute atomic E-state index is 0.145. The smallest absolute Gasteiger partial charge is 0.259 e. The third-order valence-electron chi connectivity index (χ3n) is 4.85. The van der Waals surface area contributed by atoms with E-state index in [1.54, 1.807) is 36.4 Å². The van der Waals surface area contributed by atoms with Crippen LogP contribution in [0.3, 0.4) is 0 Å². The molecule has 2 amide bonds. The van der Waals surface area contributed by atoms with E-state index in [0.29, 0.717) is 34.2 Å². The molecule has 0 radical (unpaired) electrons. The van der Waals surface area contributed by atoms with Crippen LogP contribution in [0, 0.1) is 0 Å². The Hall–Kier alpha value is -2.53. The first-order chi connectivity index (χ1) is 13.6. The summed E-state index contributed by atoms with van der Waals surface area (Å²) in [4.78, 5) is 25.3. The van der Waals surface area contributed by atoms with E-state index in [1.165, 1.54) is 6.42 Å². The molecule has 2 N–H and O–H groups in total. The van der Waals surface area contributed by atoms with E-state index in [0.717, 1.165) is 25.7 Å². The second kappa shape index (κ2) is 9.60. The van der Waals surface area contributed by atoms with E-state index in [1.807, 2.05) is 13.0 Å². The minimum Gasteiger partial charge on any atom is -0.493 e. The molecule has 0 saturated heterocycles. The van der Waals surface area contributed by atoms with Crippen molar-refractivity contribution >= 4 is 29.1 Å². The van der Waals surface area contributed by atoms with E-state index in [9.17, 15) is 9.59 Å². The predicted octanol–water partition coefficient (Wildman–Crippen LogP) is 5.05. The highest BCUT2D eigenvalue weighted by Crippen LogP contribution is 2.26. The van der Waals surface area contributed by atoms with Gasteiger partial charge in [0.1, 0.15) is 5.75 Å². The average Bonchev–Trinajstić information content (AvgIpc) is 2.71. The number of para-hydroxylation sites is 1. The van der Waals surface area contributed by atoms with Crippen LogP contribution in [0.5, 0.6) is 5.75 Å². The molecule has 2 aromatic carbocycles. The first-order valence-corrected chi connectivity index (χ1v) is 10.1. The second-order valence-corrected chi connectivity index (χ2v) is 7.29. The summed E-state index contributed by atoms with van der Waals surface area (Å²) < 4.78 is 5.51. The second-order valence-electron chi connectivity index (χ2n) is 6.89. The molecule has 1 aliphatic carbocycles. The number of halogens is 1. The third-order valence-corrected chi connectivity index (χ3v) is 5.18. The lowest BCUT2D eigenvalue weighted by molar-refractivity contribution is 0.0926. The maximum atomic E-state index is 12.7. The van der Waals surface area contributed by atoms with Crippen molar-refractivity contribution in [1.29, 1.82) is 0 Å². The quantitative estimate of drug-likeness (QED) is 0.712. The molecule has 5 nitrogen and oxygen atoms in total. The molecule has 1 saturated carbocycles. The van der Waals surface area contributed by atoms with Gasteiger partial charge in [0.2, 0.25) is 0 Å². The largest absolute Gasteiger partial charge is 0.493 e. The molecular weight excluding hydrogens is 376 g/mol. The van der Waals surface area contributed by atoms with Crippen LogP contribution in [0.4, 0.5) is 5.69 Å². The van der Waals surface area contributed by atoms with Crippen LogP contribution in [0.1, 0.15) is 59.7 Å². The molecule has 148 valence electrons. The van der Waals surface area contributed by atoms with E-state index in [4.69, 9.17) is 16.3 Å². The Balaban J connectivity index is 1.74. The normalized spacial score (nSPS) is 14.4. The zero-order valence-corrected chi connectivity index (χ0v) is 16.7. The van der Waals surface area contributed by atoms with Crippen molar-refractivity contribution in [3.05, 3.63) is 58.6 Å². The third kappa shape index (κ3) is 5.04. The lowest BCUT2D eigenvalue weighted by Crippen LogP contribution is -2.36. The Kier molecular flexibility index (Phi) is 6.93. The van der Waals surface area contributed by atoms with Gasteiger partial charge < -0.3 is 15.4 Å². The van der Waals surface area contributed by atoms with Gasteiger partial charge in [-0.2, -0.15) is 0 Å². The Bertz CT molecular complexity index is 847. The number of carbonyl (C=O) groups excluding carboxylic acids is 2. The highest BCUT2D eigenvalue weighted by atomic mass is 35.5. The van der Waals surface area contributed by atoms with Crippen molar-refractivity contribution in [2.75, 3.05) is 11.9 Å². The summed E-state index contributed by atoms with van der Waals surface area (Å²) in [6.45, 7) is 2.32. The van der Waals surface area contributed by atoms with E-state index in [2.05, 4.69) is 10.6 Å². The van der Waals surface area contributed by atoms with Crippen molar-refractivity contribution in [3.8, 4) is 5.75 Å². The molecule has 0 aromatic heterocycles. The van der Waals surface area contributed by atoms with E-state index >= 15 is 0 Å². The van der Waals surface area contributed by atoms with Crippen LogP contribution in [-0.2, 0) is 0 Å². The van der Waals surface area contributed by atoms with Crippen molar-refractivity contribution < 1.29 is 14.3 Å². The van der Waals surface area contributed by atoms with Gasteiger partial charge >= 0.3 is 0 Å². The summed E-state index contributed by atoms with van der Waals surface area (Å²) in [6, 6.07) is 12.1. The topological polar surface area (TPSA) is 67.4 Å². The molecule has 1 fully saturated rings. The van der Waals surface area contributed by atoms with Crippen LogP contribution in [-0.4, -0.2) is 24.5 Å². The molecule has 0 unspecified atom stereocenters. The number of anilines is 1. The SMILES string of the molecule is CCOc1ccccc1C(=O)Nc1cc(C(=O)NC2CCCCC2)ccc1Cl. The zero-order chi connectivity index (χ0) is 19.9. The number of ether oxygens (including phenoxy) is 1. The van der Waals surface area contributed by atoms with Gasteiger partial charge in [0.15, 0.2) is 0 Å². The summed E-state index contributed by atoms with van der Waals surface area (Å²) >= 11 is 6.25. The number of nitrogens with one attached hydrogen (secondary N) is 2. The van der Waals surface area contributed by atoms with E-state index in [-0.39, 0.29) is 17.9 Å². The fraction of sp³-hybridized carbons (Fsp3) is 0.364. The van der Waals surface area contributed by atoms with Gasteiger partial charge in [-0.1, -0.05) is 43.0 Å². The maximum absolute atomic E-state index is 12.7. The highest BCUT2D eigenvalue weighted by Gasteiger charge is 2.18. The molecule has 0 aliphatic heterocycles. The number of hydrogen-bond acceptors (Lipinski definition) is 3. The Morgan fingerprint density at radius 1 is 1.07 bits per heavy atom. The Morgan fingerprint density at radius 3 is 2.57 bits per heavy atom. The van der Waals surface area contributed by atoms with Gasteiger partial charge in [-0.15, -0.1) is 0 Å². The van der Waals surface area contributed by atoms with E-state index < -0.39 is 0 Å². The number of hydrogen-bond donors (Lipinski definition) is 2. The van der Waals surface area contributed by atoms with Crippen LogP contribution in [0.25, 0.3) is 0 Å². The summed E-state index contributed by atoms with van der Waals surface area (Å²) in [7, 11) is 0. The molecule has 28 heavy (non-hydrogen) atoms. The molecule has 0 bridgehead atoms. The molecule has 2 aromatic rings. The molecule has 0 heterocycles. The van der Waals surface area contributed by atoms with Crippen molar-refractivity contribution in [2.45, 2.75) is 45.1 Å². The number of amides is 2. The van der Waals surface area contributed by atoms with Gasteiger partial charge in [0, 0.05) is 11.6 Å². The first-order valence-electron chi connectivity index (χ1n) is 9.72. The summed E-state index contributed by atoms with van der Waals surface area (Å²) in [5.41, 5.74) is 1.29. The summed E-state index contributed by atoms with van der Waals surface area (Å²) in [5, 5.41) is 6.24. The molecule has 0 atom stereocenters. The summed E-state index contributed by atoms with van der Waals surface area (Å²) in [5.74, 6) is 0.0226. The van der Waals surface area contributed by atoms with Crippen molar-refractivity contribution in [3.63, 3.8) is 0 Å². The lowest BCUT2D eigenvalue weighted by atomic mass is 9.95. The van der Waals surface area contributed by atoms with Crippen LogP contribution in [0.15, 0.2) is 42.5 Å². The van der Waals surface area contributed by atoms with Gasteiger partial charge in [-0.25, -0.2) is 0 Å². The standard InChI is InChI=1S/C22H25ClN2O3/c1-2-28-20-11-7-6-10-17(20)22(27)25-19-14-15(12-13-18(19)23)21(26)24-16-8-4-3-5-9-16/h6-7,10-14,16H,2-5,8-9H2,1H3,(H,24,26)(H,25,27). The van der Waals surface area contributed by atoms with Crippen LogP contribution >= 0.6 is 11.6 Å². The first kappa shape index (κ1) is 20.2. The molecule has 0 spiro atoms. The van der Waals surface area contributed by atoms with Gasteiger partial charge in [0.25, 0.3) is 11.8 Å². The number of benzene rings is 2. The fourth-order valence-corrected chi connectivity index (χ4v) is 3.57. The molecule has 1 aliphatic rings. The highest BCUT2D eigenvalue weighted by molar-refractivity contribution is 6.34. The predicted molar refractivity (Wildman–Crippen MR) is 111 cm³/mol.